The summed E-state index contributed by atoms with van der Waals surface area (Å²) in [6.07, 6.45) is 0.945. The van der Waals surface area contributed by atoms with Gasteiger partial charge < -0.3 is 10.1 Å². The molecule has 0 saturated carbocycles. The van der Waals surface area contributed by atoms with Crippen molar-refractivity contribution in [1.29, 1.82) is 0 Å². The highest BCUT2D eigenvalue weighted by Crippen LogP contribution is 2.32. The fourth-order valence-electron chi connectivity index (χ4n) is 2.25. The highest BCUT2D eigenvalue weighted by Gasteiger charge is 2.16. The van der Waals surface area contributed by atoms with E-state index in [1.54, 1.807) is 11.8 Å². The molecule has 6 heteroatoms. The van der Waals surface area contributed by atoms with Crippen LogP contribution < -0.4 is 10.1 Å². The predicted octanol–water partition coefficient (Wildman–Crippen LogP) is 4.22. The zero-order chi connectivity index (χ0) is 16.4. The van der Waals surface area contributed by atoms with Crippen molar-refractivity contribution in [2.45, 2.75) is 31.9 Å². The Bertz CT molecular complexity index is 720. The summed E-state index contributed by atoms with van der Waals surface area (Å²) in [5.41, 5.74) is 3.18. The molecule has 0 spiro atoms. The largest absolute Gasteiger partial charge is 0.493 e. The Morgan fingerprint density at radius 2 is 2.26 bits per heavy atom. The standard InChI is InChI=1S/C17H20N2O2S2/c1-17(2,3)23-10-15(20)19-16-18-13(9-22-16)11-4-5-14-12(8-11)6-7-21-14/h4-5,8-9H,6-7,10H2,1-3H3,(H,18,19,20). The van der Waals surface area contributed by atoms with Gasteiger partial charge in [0.25, 0.3) is 0 Å². The monoisotopic (exact) mass is 348 g/mol. The SMILES string of the molecule is CC(C)(C)SCC(=O)Nc1nc(-c2ccc3c(c2)CCO3)cs1. The highest BCUT2D eigenvalue weighted by molar-refractivity contribution is 8.01. The van der Waals surface area contributed by atoms with E-state index in [0.717, 1.165) is 30.0 Å². The molecule has 3 rings (SSSR count). The van der Waals surface area contributed by atoms with Crippen molar-refractivity contribution in [2.75, 3.05) is 17.7 Å². The van der Waals surface area contributed by atoms with E-state index in [-0.39, 0.29) is 10.7 Å². The van der Waals surface area contributed by atoms with Crippen LogP contribution in [0.25, 0.3) is 11.3 Å². The van der Waals surface area contributed by atoms with Crippen LogP contribution in [0.4, 0.5) is 5.13 Å². The lowest BCUT2D eigenvalue weighted by Crippen LogP contribution is -2.18. The molecule has 0 bridgehead atoms. The summed E-state index contributed by atoms with van der Waals surface area (Å²) < 4.78 is 5.61. The molecule has 1 N–H and O–H groups in total. The van der Waals surface area contributed by atoms with E-state index in [4.69, 9.17) is 4.74 Å². The number of fused-ring (bicyclic) bond motifs is 1. The summed E-state index contributed by atoms with van der Waals surface area (Å²) in [6, 6.07) is 6.13. The molecule has 0 radical (unpaired) electrons. The van der Waals surface area contributed by atoms with Crippen molar-refractivity contribution in [3.63, 3.8) is 0 Å². The van der Waals surface area contributed by atoms with Crippen LogP contribution in [0.15, 0.2) is 23.6 Å². The summed E-state index contributed by atoms with van der Waals surface area (Å²) in [5, 5.41) is 5.51. The number of aromatic nitrogens is 1. The number of thioether (sulfide) groups is 1. The first-order chi connectivity index (χ1) is 10.9. The summed E-state index contributed by atoms with van der Waals surface area (Å²) >= 11 is 3.08. The molecule has 122 valence electrons. The molecule has 1 aliphatic heterocycles. The Morgan fingerprint density at radius 3 is 3.04 bits per heavy atom. The van der Waals surface area contributed by atoms with Gasteiger partial charge in [-0.3, -0.25) is 4.79 Å². The van der Waals surface area contributed by atoms with Crippen molar-refractivity contribution < 1.29 is 9.53 Å². The Labute approximate surface area is 144 Å². The topological polar surface area (TPSA) is 51.2 Å². The van der Waals surface area contributed by atoms with E-state index in [1.165, 1.54) is 16.9 Å². The smallest absolute Gasteiger partial charge is 0.236 e. The molecule has 2 heterocycles. The lowest BCUT2D eigenvalue weighted by atomic mass is 10.1. The first kappa shape index (κ1) is 16.3. The van der Waals surface area contributed by atoms with E-state index in [0.29, 0.717) is 10.9 Å². The van der Waals surface area contributed by atoms with Gasteiger partial charge in [-0.15, -0.1) is 23.1 Å². The Kier molecular flexibility index (Phi) is 4.64. The average molecular weight is 348 g/mol. The first-order valence-electron chi connectivity index (χ1n) is 7.56. The molecule has 2 aromatic rings. The summed E-state index contributed by atoms with van der Waals surface area (Å²) in [4.78, 5) is 16.5. The van der Waals surface area contributed by atoms with Gasteiger partial charge >= 0.3 is 0 Å². The van der Waals surface area contributed by atoms with Crippen molar-refractivity contribution in [3.05, 3.63) is 29.1 Å². The number of hydrogen-bond acceptors (Lipinski definition) is 5. The third-order valence-electron chi connectivity index (χ3n) is 3.37. The lowest BCUT2D eigenvalue weighted by molar-refractivity contribution is -0.113. The van der Waals surface area contributed by atoms with Crippen LogP contribution in [0.2, 0.25) is 0 Å². The quantitative estimate of drug-likeness (QED) is 0.899. The normalized spacial score (nSPS) is 13.5. The zero-order valence-electron chi connectivity index (χ0n) is 13.5. The van der Waals surface area contributed by atoms with Gasteiger partial charge in [0.1, 0.15) is 5.75 Å². The third-order valence-corrected chi connectivity index (χ3v) is 5.40. The van der Waals surface area contributed by atoms with Gasteiger partial charge in [-0.2, -0.15) is 0 Å². The van der Waals surface area contributed by atoms with Gasteiger partial charge in [0, 0.05) is 22.1 Å². The summed E-state index contributed by atoms with van der Waals surface area (Å²) in [7, 11) is 0. The zero-order valence-corrected chi connectivity index (χ0v) is 15.1. The molecular weight excluding hydrogens is 328 g/mol. The van der Waals surface area contributed by atoms with Crippen LogP contribution in [0, 0.1) is 0 Å². The minimum Gasteiger partial charge on any atom is -0.493 e. The molecule has 0 unspecified atom stereocenters. The molecule has 23 heavy (non-hydrogen) atoms. The molecular formula is C17H20N2O2S2. The Morgan fingerprint density at radius 1 is 1.43 bits per heavy atom. The summed E-state index contributed by atoms with van der Waals surface area (Å²) in [5.74, 6) is 1.40. The van der Waals surface area contributed by atoms with Gasteiger partial charge in [-0.25, -0.2) is 4.98 Å². The second-order valence-electron chi connectivity index (χ2n) is 6.41. The molecule has 0 fully saturated rings. The summed E-state index contributed by atoms with van der Waals surface area (Å²) in [6.45, 7) is 7.06. The van der Waals surface area contributed by atoms with E-state index in [9.17, 15) is 4.79 Å². The van der Waals surface area contributed by atoms with Crippen LogP contribution in [0.5, 0.6) is 5.75 Å². The van der Waals surface area contributed by atoms with Crippen LogP contribution in [-0.2, 0) is 11.2 Å². The average Bonchev–Trinajstić information content (AvgIpc) is 3.12. The van der Waals surface area contributed by atoms with Crippen LogP contribution in [0.3, 0.4) is 0 Å². The van der Waals surface area contributed by atoms with Crippen molar-refractivity contribution >= 4 is 34.1 Å². The van der Waals surface area contributed by atoms with E-state index in [2.05, 4.69) is 37.1 Å². The Hall–Kier alpha value is -1.53. The molecule has 1 amide bonds. The van der Waals surface area contributed by atoms with Crippen LogP contribution in [0.1, 0.15) is 26.3 Å². The van der Waals surface area contributed by atoms with E-state index < -0.39 is 0 Å². The molecule has 0 saturated heterocycles. The number of amides is 1. The van der Waals surface area contributed by atoms with Crippen molar-refractivity contribution in [3.8, 4) is 17.0 Å². The molecule has 1 aromatic heterocycles. The van der Waals surface area contributed by atoms with Gasteiger partial charge in [-0.1, -0.05) is 20.8 Å². The maximum Gasteiger partial charge on any atom is 0.236 e. The maximum atomic E-state index is 12.0. The minimum atomic E-state index is -0.00632. The van der Waals surface area contributed by atoms with Crippen LogP contribution >= 0.6 is 23.1 Å². The minimum absolute atomic E-state index is 0.00632. The number of nitrogens with zero attached hydrogens (tertiary/aromatic N) is 1. The molecule has 1 aromatic carbocycles. The van der Waals surface area contributed by atoms with E-state index in [1.807, 2.05) is 17.5 Å². The third kappa shape index (κ3) is 4.26. The second-order valence-corrected chi connectivity index (χ2v) is 9.07. The van der Waals surface area contributed by atoms with Crippen molar-refractivity contribution in [1.82, 2.24) is 4.98 Å². The molecule has 1 aliphatic rings. The fourth-order valence-corrected chi connectivity index (χ4v) is 3.62. The number of rotatable bonds is 4. The number of anilines is 1. The van der Waals surface area contributed by atoms with Gasteiger partial charge in [0.2, 0.25) is 5.91 Å². The Balaban J connectivity index is 1.65. The number of hydrogen-bond donors (Lipinski definition) is 1. The number of benzene rings is 1. The number of nitrogens with one attached hydrogen (secondary N) is 1. The predicted molar refractivity (Wildman–Crippen MR) is 97.6 cm³/mol. The van der Waals surface area contributed by atoms with Gasteiger partial charge in [0.05, 0.1) is 18.1 Å². The number of thiazole rings is 1. The fraction of sp³-hybridized carbons (Fsp3) is 0.412. The van der Waals surface area contributed by atoms with Gasteiger partial charge in [-0.05, 0) is 23.8 Å². The van der Waals surface area contributed by atoms with E-state index >= 15 is 0 Å². The first-order valence-corrected chi connectivity index (χ1v) is 9.43. The molecule has 0 aliphatic carbocycles. The number of carbonyl (C=O) groups is 1. The van der Waals surface area contributed by atoms with Crippen LogP contribution in [-0.4, -0.2) is 28.0 Å². The molecule has 0 atom stereocenters. The van der Waals surface area contributed by atoms with Gasteiger partial charge in [0.15, 0.2) is 5.13 Å². The number of ether oxygens (including phenoxy) is 1. The lowest BCUT2D eigenvalue weighted by Gasteiger charge is -2.16. The highest BCUT2D eigenvalue weighted by atomic mass is 32.2. The van der Waals surface area contributed by atoms with Crippen molar-refractivity contribution in [2.24, 2.45) is 0 Å². The maximum absolute atomic E-state index is 12.0. The molecule has 4 nitrogen and oxygen atoms in total. The second kappa shape index (κ2) is 6.53. The number of carbonyl (C=O) groups excluding carboxylic acids is 1.